The first-order valence-electron chi connectivity index (χ1n) is 6.46. The van der Waals surface area contributed by atoms with Crippen molar-refractivity contribution in [3.8, 4) is 0 Å². The average Bonchev–Trinajstić information content (AvgIpc) is 2.92. The molecule has 0 aliphatic carbocycles. The van der Waals surface area contributed by atoms with Gasteiger partial charge < -0.3 is 9.64 Å². The predicted octanol–water partition coefficient (Wildman–Crippen LogP) is 2.26. The Morgan fingerprint density at radius 1 is 1.68 bits per heavy atom. The molecule has 1 amide bonds. The molecule has 0 bridgehead atoms. The van der Waals surface area contributed by atoms with Crippen LogP contribution in [0, 0.1) is 5.92 Å². The van der Waals surface area contributed by atoms with Crippen molar-refractivity contribution in [2.45, 2.75) is 25.2 Å². The van der Waals surface area contributed by atoms with E-state index in [1.807, 2.05) is 15.8 Å². The van der Waals surface area contributed by atoms with E-state index in [9.17, 15) is 4.79 Å². The van der Waals surface area contributed by atoms with Gasteiger partial charge in [0.1, 0.15) is 0 Å². The summed E-state index contributed by atoms with van der Waals surface area (Å²) in [5.41, 5.74) is 2.89. The summed E-state index contributed by atoms with van der Waals surface area (Å²) in [5.74, 6) is 2.10. The second-order valence-corrected chi connectivity index (χ2v) is 6.56. The van der Waals surface area contributed by atoms with Gasteiger partial charge in [0.25, 0.3) is 0 Å². The molecule has 0 saturated carbocycles. The van der Waals surface area contributed by atoms with Crippen molar-refractivity contribution < 1.29 is 9.53 Å². The van der Waals surface area contributed by atoms with E-state index in [2.05, 4.69) is 11.9 Å². The zero-order valence-electron chi connectivity index (χ0n) is 11.4. The SMILES string of the molecule is COC1CN(C(=O)CSCc2cscn2)CCC1C. The summed E-state index contributed by atoms with van der Waals surface area (Å²) in [6, 6.07) is 0. The van der Waals surface area contributed by atoms with Crippen molar-refractivity contribution in [3.63, 3.8) is 0 Å². The zero-order chi connectivity index (χ0) is 13.7. The van der Waals surface area contributed by atoms with E-state index >= 15 is 0 Å². The lowest BCUT2D eigenvalue weighted by atomic mass is 9.96. The van der Waals surface area contributed by atoms with Gasteiger partial charge in [-0.3, -0.25) is 4.79 Å². The molecule has 2 atom stereocenters. The van der Waals surface area contributed by atoms with Crippen LogP contribution in [0.25, 0.3) is 0 Å². The molecular formula is C13H20N2O2S2. The summed E-state index contributed by atoms with van der Waals surface area (Å²) in [6.45, 7) is 3.78. The van der Waals surface area contributed by atoms with Crippen LogP contribution in [-0.4, -0.2) is 47.8 Å². The number of aromatic nitrogens is 1. The number of thioether (sulfide) groups is 1. The molecule has 1 saturated heterocycles. The molecule has 1 aliphatic rings. The minimum atomic E-state index is 0.182. The first-order valence-corrected chi connectivity index (χ1v) is 8.56. The van der Waals surface area contributed by atoms with E-state index in [1.165, 1.54) is 0 Å². The summed E-state index contributed by atoms with van der Waals surface area (Å²) < 4.78 is 5.44. The van der Waals surface area contributed by atoms with E-state index in [-0.39, 0.29) is 12.0 Å². The molecule has 19 heavy (non-hydrogen) atoms. The number of hydrogen-bond acceptors (Lipinski definition) is 5. The van der Waals surface area contributed by atoms with Crippen LogP contribution in [0.4, 0.5) is 0 Å². The predicted molar refractivity (Wildman–Crippen MR) is 79.4 cm³/mol. The molecule has 1 aliphatic heterocycles. The van der Waals surface area contributed by atoms with Gasteiger partial charge in [0, 0.05) is 31.3 Å². The van der Waals surface area contributed by atoms with Gasteiger partial charge in [0.05, 0.1) is 23.1 Å². The summed E-state index contributed by atoms with van der Waals surface area (Å²) in [6.07, 6.45) is 1.21. The molecule has 6 heteroatoms. The Balaban J connectivity index is 1.73. The summed E-state index contributed by atoms with van der Waals surface area (Å²) in [4.78, 5) is 18.3. The molecule has 0 radical (unpaired) electrons. The van der Waals surface area contributed by atoms with Crippen molar-refractivity contribution in [1.82, 2.24) is 9.88 Å². The quantitative estimate of drug-likeness (QED) is 0.836. The number of piperidine rings is 1. The molecule has 1 fully saturated rings. The smallest absolute Gasteiger partial charge is 0.232 e. The van der Waals surface area contributed by atoms with Gasteiger partial charge in [0.2, 0.25) is 5.91 Å². The van der Waals surface area contributed by atoms with Gasteiger partial charge in [0.15, 0.2) is 0 Å². The number of methoxy groups -OCH3 is 1. The molecule has 106 valence electrons. The molecule has 1 aromatic heterocycles. The summed E-state index contributed by atoms with van der Waals surface area (Å²) in [7, 11) is 1.73. The van der Waals surface area contributed by atoms with Crippen molar-refractivity contribution in [3.05, 3.63) is 16.6 Å². The number of hydrogen-bond donors (Lipinski definition) is 0. The Morgan fingerprint density at radius 3 is 3.21 bits per heavy atom. The minimum absolute atomic E-state index is 0.182. The Bertz CT molecular complexity index is 397. The summed E-state index contributed by atoms with van der Waals surface area (Å²) >= 11 is 3.23. The monoisotopic (exact) mass is 300 g/mol. The highest BCUT2D eigenvalue weighted by atomic mass is 32.2. The lowest BCUT2D eigenvalue weighted by Crippen LogP contribution is -2.47. The summed E-state index contributed by atoms with van der Waals surface area (Å²) in [5, 5.41) is 2.03. The van der Waals surface area contributed by atoms with E-state index < -0.39 is 0 Å². The van der Waals surface area contributed by atoms with Crippen molar-refractivity contribution in [2.75, 3.05) is 26.0 Å². The van der Waals surface area contributed by atoms with Crippen molar-refractivity contribution >= 4 is 29.0 Å². The van der Waals surface area contributed by atoms with Crippen LogP contribution in [0.3, 0.4) is 0 Å². The maximum Gasteiger partial charge on any atom is 0.232 e. The van der Waals surface area contributed by atoms with Crippen LogP contribution in [0.1, 0.15) is 19.0 Å². The highest BCUT2D eigenvalue weighted by molar-refractivity contribution is 7.99. The van der Waals surface area contributed by atoms with Crippen LogP contribution < -0.4 is 0 Å². The van der Waals surface area contributed by atoms with Gasteiger partial charge in [-0.15, -0.1) is 23.1 Å². The first kappa shape index (κ1) is 14.8. The molecular weight excluding hydrogens is 280 g/mol. The molecule has 0 spiro atoms. The number of likely N-dealkylation sites (tertiary alicyclic amines) is 1. The van der Waals surface area contributed by atoms with Gasteiger partial charge in [-0.1, -0.05) is 6.92 Å². The third-order valence-electron chi connectivity index (χ3n) is 3.50. The second-order valence-electron chi connectivity index (χ2n) is 4.85. The van der Waals surface area contributed by atoms with Gasteiger partial charge in [-0.25, -0.2) is 4.98 Å². The first-order chi connectivity index (χ1) is 9.20. The second kappa shape index (κ2) is 7.26. The zero-order valence-corrected chi connectivity index (χ0v) is 13.0. The molecule has 2 rings (SSSR count). The standard InChI is InChI=1S/C13H20N2O2S2/c1-10-3-4-15(5-12(10)17-2)13(16)8-18-6-11-7-19-9-14-11/h7,9-10,12H,3-6,8H2,1-2H3. The van der Waals surface area contributed by atoms with Crippen LogP contribution in [0.5, 0.6) is 0 Å². The molecule has 4 nitrogen and oxygen atoms in total. The van der Waals surface area contributed by atoms with Crippen LogP contribution in [-0.2, 0) is 15.3 Å². The fraction of sp³-hybridized carbons (Fsp3) is 0.692. The normalized spacial score (nSPS) is 23.6. The maximum atomic E-state index is 12.1. The number of carbonyl (C=O) groups excluding carboxylic acids is 1. The minimum Gasteiger partial charge on any atom is -0.379 e. The molecule has 1 aromatic rings. The Hall–Kier alpha value is -0.590. The van der Waals surface area contributed by atoms with Crippen LogP contribution in [0.15, 0.2) is 10.9 Å². The third kappa shape index (κ3) is 4.19. The Kier molecular flexibility index (Phi) is 5.66. The highest BCUT2D eigenvalue weighted by Crippen LogP contribution is 2.20. The number of ether oxygens (including phenoxy) is 1. The van der Waals surface area contributed by atoms with E-state index in [0.717, 1.165) is 31.0 Å². The number of nitrogens with zero attached hydrogens (tertiary/aromatic N) is 2. The van der Waals surface area contributed by atoms with Gasteiger partial charge >= 0.3 is 0 Å². The number of carbonyl (C=O) groups is 1. The topological polar surface area (TPSA) is 42.4 Å². The van der Waals surface area contributed by atoms with Gasteiger partial charge in [-0.2, -0.15) is 0 Å². The Morgan fingerprint density at radius 2 is 2.53 bits per heavy atom. The third-order valence-corrected chi connectivity index (χ3v) is 5.09. The highest BCUT2D eigenvalue weighted by Gasteiger charge is 2.28. The largest absolute Gasteiger partial charge is 0.379 e. The van der Waals surface area contributed by atoms with E-state index in [0.29, 0.717) is 11.7 Å². The molecule has 0 aromatic carbocycles. The van der Waals surface area contributed by atoms with Gasteiger partial charge in [-0.05, 0) is 12.3 Å². The van der Waals surface area contributed by atoms with E-state index in [1.54, 1.807) is 30.2 Å². The van der Waals surface area contributed by atoms with E-state index in [4.69, 9.17) is 4.74 Å². The van der Waals surface area contributed by atoms with Crippen LogP contribution in [0.2, 0.25) is 0 Å². The number of rotatable bonds is 5. The molecule has 2 heterocycles. The lowest BCUT2D eigenvalue weighted by Gasteiger charge is -2.36. The fourth-order valence-corrected chi connectivity index (χ4v) is 3.70. The average molecular weight is 300 g/mol. The lowest BCUT2D eigenvalue weighted by molar-refractivity contribution is -0.133. The Labute approximate surface area is 122 Å². The number of thiazole rings is 1. The van der Waals surface area contributed by atoms with Crippen LogP contribution >= 0.6 is 23.1 Å². The number of amides is 1. The van der Waals surface area contributed by atoms with Crippen molar-refractivity contribution in [2.24, 2.45) is 5.92 Å². The fourth-order valence-electron chi connectivity index (χ4n) is 2.21. The molecule has 0 N–H and O–H groups in total. The van der Waals surface area contributed by atoms with Crippen molar-refractivity contribution in [1.29, 1.82) is 0 Å². The molecule has 2 unspecified atom stereocenters. The maximum absolute atomic E-state index is 12.1.